The van der Waals surface area contributed by atoms with E-state index >= 15 is 0 Å². The van der Waals surface area contributed by atoms with Crippen LogP contribution in [0.15, 0.2) is 80.9 Å². The maximum atomic E-state index is 13.8. The van der Waals surface area contributed by atoms with Crippen LogP contribution < -0.4 is 15.2 Å². The second kappa shape index (κ2) is 10.5. The molecule has 0 aliphatic heterocycles. The number of nitrogens with zero attached hydrogens (tertiary/aromatic N) is 3. The minimum absolute atomic E-state index is 0.00666. The summed E-state index contributed by atoms with van der Waals surface area (Å²) in [6.07, 6.45) is 0.782. The molecule has 1 atom stereocenters. The van der Waals surface area contributed by atoms with Gasteiger partial charge in [0.05, 0.1) is 32.9 Å². The molecule has 3 aromatic carbocycles. The normalized spacial score (nSPS) is 15.9. The maximum absolute atomic E-state index is 13.8. The Kier molecular flexibility index (Phi) is 7.46. The highest BCUT2D eigenvalue weighted by Crippen LogP contribution is 2.46. The molecule has 1 aliphatic carbocycles. The Bertz CT molecular complexity index is 1850. The van der Waals surface area contributed by atoms with Crippen LogP contribution in [0.1, 0.15) is 47.1 Å². The summed E-state index contributed by atoms with van der Waals surface area (Å²) in [4.78, 5) is 26.9. The fraction of sp³-hybridized carbons (Fsp3) is 0.267. The smallest absolute Gasteiger partial charge is 0.296 e. The van der Waals surface area contributed by atoms with E-state index in [2.05, 4.69) is 35.1 Å². The molecule has 11 heteroatoms. The standard InChI is InChI=1S/C30H30BrClN4O4S/c1-18-26(29(38)36(34(18)4)21-9-7-6-8-10-21)35(5)41(39,40)22-13-14-25(32)24(16-22)28(37)33-27-23-15-20(31)12-11-19(23)17-30(27,2)3/h6-16,27H,17H2,1-5H3,(H,33,37). The first-order valence-electron chi connectivity index (χ1n) is 13.0. The van der Waals surface area contributed by atoms with Crippen LogP contribution in [-0.4, -0.2) is 30.7 Å². The average Bonchev–Trinajstić information content (AvgIpc) is 3.30. The number of amides is 1. The molecule has 0 radical (unpaired) electrons. The summed E-state index contributed by atoms with van der Waals surface area (Å²) in [5.74, 6) is -0.483. The van der Waals surface area contributed by atoms with Crippen LogP contribution in [0.5, 0.6) is 0 Å². The van der Waals surface area contributed by atoms with E-state index in [1.807, 2.05) is 24.3 Å². The zero-order chi connectivity index (χ0) is 29.9. The Balaban J connectivity index is 1.50. The van der Waals surface area contributed by atoms with E-state index in [4.69, 9.17) is 11.6 Å². The number of carbonyl (C=O) groups is 1. The van der Waals surface area contributed by atoms with Gasteiger partial charge in [0.2, 0.25) is 0 Å². The number of benzene rings is 3. The molecule has 1 heterocycles. The summed E-state index contributed by atoms with van der Waals surface area (Å²) in [5.41, 5.74) is 2.51. The number of aromatic nitrogens is 2. The number of para-hydroxylation sites is 1. The fourth-order valence-electron chi connectivity index (χ4n) is 5.53. The lowest BCUT2D eigenvalue weighted by atomic mass is 9.85. The largest absolute Gasteiger partial charge is 0.345 e. The van der Waals surface area contributed by atoms with Crippen molar-refractivity contribution in [2.75, 3.05) is 11.4 Å². The molecular formula is C30H30BrClN4O4S. The zero-order valence-corrected chi connectivity index (χ0v) is 26.4. The third-order valence-corrected chi connectivity index (χ3v) is 10.4. The number of nitrogens with one attached hydrogen (secondary N) is 1. The summed E-state index contributed by atoms with van der Waals surface area (Å²) in [5, 5.41) is 3.21. The highest BCUT2D eigenvalue weighted by Gasteiger charge is 2.40. The summed E-state index contributed by atoms with van der Waals surface area (Å²) < 4.78 is 32.5. The van der Waals surface area contributed by atoms with Gasteiger partial charge in [-0.3, -0.25) is 18.6 Å². The molecule has 0 saturated carbocycles. The molecule has 1 N–H and O–H groups in total. The van der Waals surface area contributed by atoms with E-state index in [9.17, 15) is 18.0 Å². The third kappa shape index (κ3) is 5.02. The predicted molar refractivity (Wildman–Crippen MR) is 165 cm³/mol. The SMILES string of the molecule is Cc1c(N(C)S(=O)(=O)c2ccc(Cl)c(C(=O)NC3c4cc(Br)ccc4CC3(C)C)c2)c(=O)n(-c2ccccc2)n1C. The molecule has 1 aliphatic rings. The van der Waals surface area contributed by atoms with Gasteiger partial charge in [0.1, 0.15) is 5.69 Å². The van der Waals surface area contributed by atoms with Crippen molar-refractivity contribution in [1.82, 2.24) is 14.7 Å². The van der Waals surface area contributed by atoms with Gasteiger partial charge in [0.25, 0.3) is 21.5 Å². The average molecular weight is 658 g/mol. The van der Waals surface area contributed by atoms with E-state index < -0.39 is 21.5 Å². The van der Waals surface area contributed by atoms with Gasteiger partial charge in [0.15, 0.2) is 0 Å². The van der Waals surface area contributed by atoms with Gasteiger partial charge in [-0.15, -0.1) is 0 Å². The zero-order valence-electron chi connectivity index (χ0n) is 23.3. The molecule has 1 unspecified atom stereocenters. The summed E-state index contributed by atoms with van der Waals surface area (Å²) >= 11 is 9.94. The minimum Gasteiger partial charge on any atom is -0.345 e. The van der Waals surface area contributed by atoms with Crippen LogP contribution in [0.2, 0.25) is 5.02 Å². The van der Waals surface area contributed by atoms with E-state index in [1.54, 1.807) is 42.9 Å². The van der Waals surface area contributed by atoms with Gasteiger partial charge < -0.3 is 5.32 Å². The van der Waals surface area contributed by atoms with Crippen molar-refractivity contribution in [3.8, 4) is 5.69 Å². The quantitative estimate of drug-likeness (QED) is 0.285. The van der Waals surface area contributed by atoms with Crippen molar-refractivity contribution in [3.05, 3.63) is 109 Å². The van der Waals surface area contributed by atoms with E-state index in [0.717, 1.165) is 26.3 Å². The topological polar surface area (TPSA) is 93.4 Å². The predicted octanol–water partition coefficient (Wildman–Crippen LogP) is 5.78. The number of anilines is 1. The first-order valence-corrected chi connectivity index (χ1v) is 15.6. The number of carbonyl (C=O) groups excluding carboxylic acids is 1. The molecular weight excluding hydrogens is 628 g/mol. The Morgan fingerprint density at radius 3 is 2.46 bits per heavy atom. The molecule has 1 aromatic heterocycles. The van der Waals surface area contributed by atoms with Gasteiger partial charge >= 0.3 is 0 Å². The lowest BCUT2D eigenvalue weighted by Crippen LogP contribution is -2.36. The Labute approximate surface area is 252 Å². The summed E-state index contributed by atoms with van der Waals surface area (Å²) in [6, 6.07) is 18.7. The van der Waals surface area contributed by atoms with Crippen LogP contribution in [0.3, 0.4) is 0 Å². The molecule has 5 rings (SSSR count). The molecule has 8 nitrogen and oxygen atoms in total. The van der Waals surface area contributed by atoms with Crippen molar-refractivity contribution >= 4 is 49.1 Å². The lowest BCUT2D eigenvalue weighted by Gasteiger charge is -2.29. The number of sulfonamides is 1. The van der Waals surface area contributed by atoms with Gasteiger partial charge in [0, 0.05) is 18.6 Å². The molecule has 0 fully saturated rings. The summed E-state index contributed by atoms with van der Waals surface area (Å²) in [7, 11) is -1.21. The molecule has 214 valence electrons. The van der Waals surface area contributed by atoms with Gasteiger partial charge in [-0.2, -0.15) is 0 Å². The van der Waals surface area contributed by atoms with Crippen molar-refractivity contribution in [1.29, 1.82) is 0 Å². The number of hydrogen-bond donors (Lipinski definition) is 1. The first-order chi connectivity index (χ1) is 19.2. The Morgan fingerprint density at radius 2 is 1.78 bits per heavy atom. The van der Waals surface area contributed by atoms with Crippen LogP contribution >= 0.6 is 27.5 Å². The summed E-state index contributed by atoms with van der Waals surface area (Å²) in [6.45, 7) is 5.84. The van der Waals surface area contributed by atoms with Crippen LogP contribution in [0.25, 0.3) is 5.69 Å². The van der Waals surface area contributed by atoms with Crippen molar-refractivity contribution < 1.29 is 13.2 Å². The van der Waals surface area contributed by atoms with E-state index in [-0.39, 0.29) is 32.6 Å². The highest BCUT2D eigenvalue weighted by molar-refractivity contribution is 9.10. The number of fused-ring (bicyclic) bond motifs is 1. The second-order valence-corrected chi connectivity index (χ2v) is 14.2. The van der Waals surface area contributed by atoms with Crippen LogP contribution in [-0.2, 0) is 23.5 Å². The minimum atomic E-state index is -4.24. The number of hydrogen-bond acceptors (Lipinski definition) is 4. The van der Waals surface area contributed by atoms with Crippen LogP contribution in [0, 0.1) is 12.3 Å². The van der Waals surface area contributed by atoms with Gasteiger partial charge in [-0.25, -0.2) is 13.1 Å². The second-order valence-electron chi connectivity index (χ2n) is 10.9. The molecule has 0 bridgehead atoms. The fourth-order valence-corrected chi connectivity index (χ4v) is 7.38. The van der Waals surface area contributed by atoms with Crippen molar-refractivity contribution in [2.24, 2.45) is 12.5 Å². The lowest BCUT2D eigenvalue weighted by molar-refractivity contribution is 0.0903. The monoisotopic (exact) mass is 656 g/mol. The van der Waals surface area contributed by atoms with Crippen LogP contribution in [0.4, 0.5) is 5.69 Å². The highest BCUT2D eigenvalue weighted by atomic mass is 79.9. The molecule has 0 spiro atoms. The third-order valence-electron chi connectivity index (χ3n) is 7.80. The van der Waals surface area contributed by atoms with Crippen molar-refractivity contribution in [2.45, 2.75) is 38.1 Å². The molecule has 4 aromatic rings. The molecule has 41 heavy (non-hydrogen) atoms. The van der Waals surface area contributed by atoms with Gasteiger partial charge in [-0.1, -0.05) is 65.6 Å². The van der Waals surface area contributed by atoms with E-state index in [0.29, 0.717) is 11.4 Å². The van der Waals surface area contributed by atoms with Gasteiger partial charge in [-0.05, 0) is 72.4 Å². The Hall–Kier alpha value is -3.34. The molecule has 0 saturated heterocycles. The van der Waals surface area contributed by atoms with E-state index in [1.165, 1.54) is 29.9 Å². The molecule has 1 amide bonds. The Morgan fingerprint density at radius 1 is 1.10 bits per heavy atom. The maximum Gasteiger partial charge on any atom is 0.296 e. The first kappa shape index (κ1) is 29.2. The number of halogens is 2. The van der Waals surface area contributed by atoms with Crippen molar-refractivity contribution in [3.63, 3.8) is 0 Å². The number of rotatable bonds is 6.